The Morgan fingerprint density at radius 2 is 1.27 bits per heavy atom. The third-order valence-corrected chi connectivity index (χ3v) is 4.46. The van der Waals surface area contributed by atoms with E-state index in [1.54, 1.807) is 13.2 Å². The number of alkyl halides is 6. The highest BCUT2D eigenvalue weighted by atomic mass is 35.6. The van der Waals surface area contributed by atoms with Crippen LogP contribution < -0.4 is 4.74 Å². The number of rotatable bonds is 2. The summed E-state index contributed by atoms with van der Waals surface area (Å²) < 4.78 is 1.43. The molecule has 3 aromatic rings. The monoisotopic (exact) mass is 469 g/mol. The van der Waals surface area contributed by atoms with Crippen molar-refractivity contribution in [1.82, 2.24) is 15.0 Å². The zero-order valence-electron chi connectivity index (χ0n) is 13.0. The van der Waals surface area contributed by atoms with Crippen LogP contribution in [-0.2, 0) is 7.59 Å². The lowest BCUT2D eigenvalue weighted by atomic mass is 10.1. The Hall–Kier alpha value is -0.750. The minimum Gasteiger partial charge on any atom is -0.497 e. The molecule has 1 heterocycles. The molecule has 1 aromatic heterocycles. The average Bonchev–Trinajstić information content (AvgIpc) is 2.59. The molecule has 0 bridgehead atoms. The third kappa shape index (κ3) is 4.38. The summed E-state index contributed by atoms with van der Waals surface area (Å²) in [5.74, 6) is 0.704. The predicted molar refractivity (Wildman–Crippen MR) is 108 cm³/mol. The molecule has 0 spiro atoms. The molecule has 10 heteroatoms. The highest BCUT2D eigenvalue weighted by Gasteiger charge is 2.34. The molecule has 0 N–H and O–H groups in total. The molecule has 136 valence electrons. The predicted octanol–water partition coefficient (Wildman–Crippen LogP) is 6.35. The molecule has 0 aliphatic heterocycles. The van der Waals surface area contributed by atoms with E-state index in [1.165, 1.54) is 0 Å². The van der Waals surface area contributed by atoms with Crippen LogP contribution in [-0.4, -0.2) is 22.1 Å². The first-order chi connectivity index (χ1) is 12.1. The van der Waals surface area contributed by atoms with E-state index in [9.17, 15) is 0 Å². The summed E-state index contributed by atoms with van der Waals surface area (Å²) in [7, 11) is 1.61. The second-order valence-corrected chi connectivity index (χ2v) is 9.79. The van der Waals surface area contributed by atoms with Crippen molar-refractivity contribution in [2.45, 2.75) is 7.59 Å². The minimum atomic E-state index is -1.90. The maximum atomic E-state index is 5.90. The van der Waals surface area contributed by atoms with Gasteiger partial charge in [0.1, 0.15) is 5.75 Å². The van der Waals surface area contributed by atoms with Gasteiger partial charge in [0.05, 0.1) is 7.11 Å². The first kappa shape index (κ1) is 20.0. The van der Waals surface area contributed by atoms with Gasteiger partial charge in [0, 0.05) is 5.56 Å². The van der Waals surface area contributed by atoms with E-state index in [2.05, 4.69) is 15.0 Å². The zero-order valence-corrected chi connectivity index (χ0v) is 17.5. The minimum absolute atomic E-state index is 0.136. The second-order valence-electron chi connectivity index (χ2n) is 5.23. The summed E-state index contributed by atoms with van der Waals surface area (Å²) in [4.78, 5) is 12.4. The Morgan fingerprint density at radius 1 is 0.731 bits per heavy atom. The molecular weight excluding hydrogens is 463 g/mol. The van der Waals surface area contributed by atoms with Crippen LogP contribution >= 0.6 is 69.6 Å². The van der Waals surface area contributed by atoms with Gasteiger partial charge in [0.15, 0.2) is 17.5 Å². The summed E-state index contributed by atoms with van der Waals surface area (Å²) in [6.07, 6.45) is 0. The largest absolute Gasteiger partial charge is 0.497 e. The fraction of sp³-hybridized carbons (Fsp3) is 0.188. The molecule has 0 unspecified atom stereocenters. The van der Waals surface area contributed by atoms with Gasteiger partial charge in [-0.15, -0.1) is 0 Å². The molecule has 0 saturated carbocycles. The van der Waals surface area contributed by atoms with E-state index in [1.807, 2.05) is 30.3 Å². The van der Waals surface area contributed by atoms with Crippen molar-refractivity contribution in [2.75, 3.05) is 7.11 Å². The highest BCUT2D eigenvalue weighted by molar-refractivity contribution is 6.67. The van der Waals surface area contributed by atoms with Crippen molar-refractivity contribution in [3.05, 3.63) is 48.0 Å². The van der Waals surface area contributed by atoms with Crippen molar-refractivity contribution in [1.29, 1.82) is 0 Å². The fourth-order valence-electron chi connectivity index (χ4n) is 2.25. The lowest BCUT2D eigenvalue weighted by Gasteiger charge is -2.15. The summed E-state index contributed by atoms with van der Waals surface area (Å²) in [6, 6.07) is 11.2. The lowest BCUT2D eigenvalue weighted by molar-refractivity contribution is 0.415. The average molecular weight is 472 g/mol. The van der Waals surface area contributed by atoms with Crippen molar-refractivity contribution in [3.8, 4) is 17.1 Å². The van der Waals surface area contributed by atoms with E-state index in [4.69, 9.17) is 74.3 Å². The van der Waals surface area contributed by atoms with Crippen LogP contribution in [0, 0.1) is 0 Å². The van der Waals surface area contributed by atoms with Gasteiger partial charge in [-0.3, -0.25) is 0 Å². The van der Waals surface area contributed by atoms with E-state index < -0.39 is 7.59 Å². The normalized spacial score (nSPS) is 12.4. The Balaban J connectivity index is 2.17. The Morgan fingerprint density at radius 3 is 1.81 bits per heavy atom. The summed E-state index contributed by atoms with van der Waals surface area (Å²) >= 11 is 35.4. The number of hydrogen-bond acceptors (Lipinski definition) is 4. The van der Waals surface area contributed by atoms with Crippen LogP contribution in [0.4, 0.5) is 0 Å². The summed E-state index contributed by atoms with van der Waals surface area (Å²) in [5.41, 5.74) is 0.649. The molecule has 0 atom stereocenters. The number of benzene rings is 2. The number of ether oxygens (including phenoxy) is 1. The fourth-order valence-corrected chi connectivity index (χ4v) is 2.76. The summed E-state index contributed by atoms with van der Waals surface area (Å²) in [6.45, 7) is 0. The smallest absolute Gasteiger partial charge is 0.250 e. The third-order valence-electron chi connectivity index (χ3n) is 3.45. The van der Waals surface area contributed by atoms with E-state index >= 15 is 0 Å². The van der Waals surface area contributed by atoms with Crippen molar-refractivity contribution < 1.29 is 4.74 Å². The first-order valence-electron chi connectivity index (χ1n) is 7.06. The van der Waals surface area contributed by atoms with E-state index in [-0.39, 0.29) is 17.5 Å². The molecule has 0 amide bonds. The van der Waals surface area contributed by atoms with Gasteiger partial charge >= 0.3 is 0 Å². The molecular formula is C16H9Cl6N3O. The molecule has 0 radical (unpaired) electrons. The maximum absolute atomic E-state index is 5.90. The lowest BCUT2D eigenvalue weighted by Crippen LogP contribution is -2.16. The maximum Gasteiger partial charge on any atom is 0.250 e. The topological polar surface area (TPSA) is 47.9 Å². The molecule has 0 aliphatic carbocycles. The van der Waals surface area contributed by atoms with Gasteiger partial charge in [-0.1, -0.05) is 87.8 Å². The molecule has 0 saturated heterocycles. The number of nitrogens with zero attached hydrogens (tertiary/aromatic N) is 3. The Bertz CT molecular complexity index is 936. The second kappa shape index (κ2) is 7.34. The van der Waals surface area contributed by atoms with Gasteiger partial charge in [0.25, 0.3) is 0 Å². The number of hydrogen-bond donors (Lipinski definition) is 0. The summed E-state index contributed by atoms with van der Waals surface area (Å²) in [5, 5.41) is 1.92. The van der Waals surface area contributed by atoms with E-state index in [0.717, 1.165) is 16.5 Å². The Kier molecular flexibility index (Phi) is 5.65. The van der Waals surface area contributed by atoms with Crippen molar-refractivity contribution in [3.63, 3.8) is 0 Å². The molecule has 0 aliphatic rings. The van der Waals surface area contributed by atoms with Crippen LogP contribution in [0.15, 0.2) is 36.4 Å². The standard InChI is InChI=1S/C16H9Cl6N3O/c1-26-11-5-4-8-6-10(3-2-9(8)7-11)12-23-13(15(17,18)19)25-14(24-12)16(20,21)22/h2-7H,1H3. The Labute approximate surface area is 179 Å². The number of fused-ring (bicyclic) bond motifs is 1. The zero-order chi connectivity index (χ0) is 19.1. The van der Waals surface area contributed by atoms with Crippen LogP contribution in [0.3, 0.4) is 0 Å². The highest BCUT2D eigenvalue weighted by Crippen LogP contribution is 2.40. The number of methoxy groups -OCH3 is 1. The van der Waals surface area contributed by atoms with Gasteiger partial charge in [-0.05, 0) is 29.0 Å². The molecule has 26 heavy (non-hydrogen) atoms. The van der Waals surface area contributed by atoms with Crippen LogP contribution in [0.5, 0.6) is 5.75 Å². The van der Waals surface area contributed by atoms with Crippen LogP contribution in [0.25, 0.3) is 22.2 Å². The van der Waals surface area contributed by atoms with Crippen LogP contribution in [0.1, 0.15) is 11.6 Å². The number of halogens is 6. The first-order valence-corrected chi connectivity index (χ1v) is 9.33. The van der Waals surface area contributed by atoms with Gasteiger partial charge in [-0.25, -0.2) is 15.0 Å². The molecule has 4 nitrogen and oxygen atoms in total. The molecule has 3 rings (SSSR count). The SMILES string of the molecule is COc1ccc2cc(-c3nc(C(Cl)(Cl)Cl)nc(C(Cl)(Cl)Cl)n3)ccc2c1. The van der Waals surface area contributed by atoms with Crippen LogP contribution in [0.2, 0.25) is 0 Å². The molecule has 0 fully saturated rings. The van der Waals surface area contributed by atoms with E-state index in [0.29, 0.717) is 5.56 Å². The quantitative estimate of drug-likeness (QED) is 0.408. The molecule has 2 aromatic carbocycles. The van der Waals surface area contributed by atoms with Crippen molar-refractivity contribution in [2.24, 2.45) is 0 Å². The van der Waals surface area contributed by atoms with Crippen molar-refractivity contribution >= 4 is 80.4 Å². The van der Waals surface area contributed by atoms with Gasteiger partial charge in [-0.2, -0.15) is 0 Å². The van der Waals surface area contributed by atoms with Gasteiger partial charge < -0.3 is 4.74 Å². The number of aromatic nitrogens is 3. The van der Waals surface area contributed by atoms with Gasteiger partial charge in [0.2, 0.25) is 7.59 Å².